The minimum absolute atomic E-state index is 0.113. The van der Waals surface area contributed by atoms with Crippen molar-refractivity contribution in [3.8, 4) is 0 Å². The molecular formula is C30H25NO. The van der Waals surface area contributed by atoms with Gasteiger partial charge in [-0.1, -0.05) is 84.9 Å². The van der Waals surface area contributed by atoms with Crippen LogP contribution < -0.4 is 4.90 Å². The lowest BCUT2D eigenvalue weighted by Crippen LogP contribution is -2.42. The third-order valence-corrected chi connectivity index (χ3v) is 7.05. The molecule has 1 unspecified atom stereocenters. The van der Waals surface area contributed by atoms with Crippen LogP contribution in [0.5, 0.6) is 0 Å². The van der Waals surface area contributed by atoms with Gasteiger partial charge in [0.25, 0.3) is 0 Å². The average Bonchev–Trinajstić information content (AvgIpc) is 2.83. The van der Waals surface area contributed by atoms with Gasteiger partial charge in [0, 0.05) is 18.4 Å². The van der Waals surface area contributed by atoms with E-state index in [0.29, 0.717) is 0 Å². The van der Waals surface area contributed by atoms with E-state index in [4.69, 9.17) is 0 Å². The summed E-state index contributed by atoms with van der Waals surface area (Å²) < 4.78 is 0. The Bertz CT molecular complexity index is 1490. The van der Waals surface area contributed by atoms with Crippen LogP contribution in [-0.2, 0) is 17.6 Å². The zero-order valence-corrected chi connectivity index (χ0v) is 18.2. The van der Waals surface area contributed by atoms with Crippen LogP contribution in [0, 0.1) is 0 Å². The largest absolute Gasteiger partial charge is 0.309 e. The standard InChI is InChI=1S/C30H25NO/c1-20(32)31(30-12-6-9-21-7-3-5-11-27(21)30)24-15-18-26-23(19-24)14-17-28-25-10-4-2-8-22(25)13-16-29(26)28/h2-14,16-17,24H,15,18-19H2,1H3. The summed E-state index contributed by atoms with van der Waals surface area (Å²) in [6.45, 7) is 1.70. The number of carbonyl (C=O) groups is 1. The molecule has 0 saturated carbocycles. The molecule has 6 rings (SSSR count). The molecular weight excluding hydrogens is 390 g/mol. The number of carbonyl (C=O) groups excluding carboxylic acids is 1. The smallest absolute Gasteiger partial charge is 0.224 e. The first-order chi connectivity index (χ1) is 15.7. The predicted octanol–water partition coefficient (Wildman–Crippen LogP) is 7.06. The third kappa shape index (κ3) is 2.98. The van der Waals surface area contributed by atoms with Crippen LogP contribution in [0.4, 0.5) is 5.69 Å². The van der Waals surface area contributed by atoms with E-state index in [-0.39, 0.29) is 11.9 Å². The highest BCUT2D eigenvalue weighted by molar-refractivity contribution is 6.09. The molecule has 5 aromatic rings. The molecule has 1 aliphatic carbocycles. The molecule has 0 bridgehead atoms. The Morgan fingerprint density at radius 2 is 1.41 bits per heavy atom. The topological polar surface area (TPSA) is 20.3 Å². The fraction of sp³-hybridized carbons (Fsp3) is 0.167. The van der Waals surface area contributed by atoms with Gasteiger partial charge in [-0.05, 0) is 63.4 Å². The summed E-state index contributed by atoms with van der Waals surface area (Å²) in [4.78, 5) is 14.9. The summed E-state index contributed by atoms with van der Waals surface area (Å²) in [5.74, 6) is 0.113. The van der Waals surface area contributed by atoms with Crippen LogP contribution in [0.15, 0.2) is 91.0 Å². The predicted molar refractivity (Wildman–Crippen MR) is 134 cm³/mol. The van der Waals surface area contributed by atoms with E-state index in [2.05, 4.69) is 91.0 Å². The van der Waals surface area contributed by atoms with Crippen molar-refractivity contribution in [2.45, 2.75) is 32.2 Å². The molecule has 0 aromatic heterocycles. The monoisotopic (exact) mass is 415 g/mol. The Labute approximate surface area is 188 Å². The number of hydrogen-bond donors (Lipinski definition) is 0. The molecule has 2 nitrogen and oxygen atoms in total. The van der Waals surface area contributed by atoms with Crippen molar-refractivity contribution in [1.82, 2.24) is 0 Å². The second-order valence-corrected chi connectivity index (χ2v) is 8.87. The zero-order chi connectivity index (χ0) is 21.7. The van der Waals surface area contributed by atoms with Gasteiger partial charge in [0.1, 0.15) is 0 Å². The summed E-state index contributed by atoms with van der Waals surface area (Å²) in [6, 6.07) is 32.5. The van der Waals surface area contributed by atoms with Crippen LogP contribution in [0.25, 0.3) is 32.3 Å². The van der Waals surface area contributed by atoms with E-state index in [1.807, 2.05) is 4.90 Å². The highest BCUT2D eigenvalue weighted by atomic mass is 16.2. The van der Waals surface area contributed by atoms with Gasteiger partial charge in [0.05, 0.1) is 5.69 Å². The van der Waals surface area contributed by atoms with E-state index >= 15 is 0 Å². The normalized spacial score (nSPS) is 15.7. The molecule has 1 atom stereocenters. The summed E-state index contributed by atoms with van der Waals surface area (Å²) in [5.41, 5.74) is 3.84. The third-order valence-electron chi connectivity index (χ3n) is 7.05. The lowest BCUT2D eigenvalue weighted by Gasteiger charge is -2.36. The SMILES string of the molecule is CC(=O)N(c1cccc2ccccc12)C1CCc2c(ccc3c2ccc2ccccc23)C1. The van der Waals surface area contributed by atoms with Crippen LogP contribution in [0.2, 0.25) is 0 Å². The van der Waals surface area contributed by atoms with Crippen molar-refractivity contribution < 1.29 is 4.79 Å². The number of anilines is 1. The maximum atomic E-state index is 12.9. The number of benzene rings is 5. The first kappa shape index (κ1) is 19.1. The van der Waals surface area contributed by atoms with E-state index in [9.17, 15) is 4.79 Å². The van der Waals surface area contributed by atoms with Crippen molar-refractivity contribution >= 4 is 43.9 Å². The van der Waals surface area contributed by atoms with Crippen LogP contribution in [0.3, 0.4) is 0 Å². The molecule has 32 heavy (non-hydrogen) atoms. The summed E-state index contributed by atoms with van der Waals surface area (Å²) in [5, 5.41) is 7.60. The van der Waals surface area contributed by atoms with Gasteiger partial charge in [-0.3, -0.25) is 4.79 Å². The average molecular weight is 416 g/mol. The van der Waals surface area contributed by atoms with Crippen molar-refractivity contribution in [3.63, 3.8) is 0 Å². The fourth-order valence-corrected chi connectivity index (χ4v) is 5.61. The highest BCUT2D eigenvalue weighted by Gasteiger charge is 2.29. The van der Waals surface area contributed by atoms with Crippen molar-refractivity contribution in [2.75, 3.05) is 4.90 Å². The van der Waals surface area contributed by atoms with E-state index in [1.54, 1.807) is 6.92 Å². The molecule has 1 amide bonds. The Morgan fingerprint density at radius 3 is 2.22 bits per heavy atom. The lowest BCUT2D eigenvalue weighted by molar-refractivity contribution is -0.117. The molecule has 0 aliphatic heterocycles. The summed E-state index contributed by atoms with van der Waals surface area (Å²) in [7, 11) is 0. The molecule has 0 radical (unpaired) electrons. The molecule has 0 fully saturated rings. The Hall–Kier alpha value is -3.65. The number of nitrogens with zero attached hydrogens (tertiary/aromatic N) is 1. The van der Waals surface area contributed by atoms with Gasteiger partial charge in [0.15, 0.2) is 0 Å². The second kappa shape index (κ2) is 7.49. The zero-order valence-electron chi connectivity index (χ0n) is 18.2. The molecule has 0 saturated heterocycles. The van der Waals surface area contributed by atoms with Crippen molar-refractivity contribution in [3.05, 3.63) is 102 Å². The van der Waals surface area contributed by atoms with Gasteiger partial charge in [-0.2, -0.15) is 0 Å². The Morgan fingerprint density at radius 1 is 0.719 bits per heavy atom. The maximum absolute atomic E-state index is 12.9. The number of aryl methyl sites for hydroxylation is 1. The molecule has 5 aromatic carbocycles. The van der Waals surface area contributed by atoms with E-state index in [1.165, 1.54) is 38.1 Å². The van der Waals surface area contributed by atoms with Gasteiger partial charge in [-0.25, -0.2) is 0 Å². The Balaban J connectivity index is 1.43. The first-order valence-corrected chi connectivity index (χ1v) is 11.4. The van der Waals surface area contributed by atoms with Crippen molar-refractivity contribution in [2.24, 2.45) is 0 Å². The molecule has 0 spiro atoms. The fourth-order valence-electron chi connectivity index (χ4n) is 5.61. The Kier molecular flexibility index (Phi) is 4.46. The maximum Gasteiger partial charge on any atom is 0.224 e. The van der Waals surface area contributed by atoms with E-state index in [0.717, 1.165) is 30.3 Å². The second-order valence-electron chi connectivity index (χ2n) is 8.87. The van der Waals surface area contributed by atoms with Crippen LogP contribution in [-0.4, -0.2) is 11.9 Å². The quantitative estimate of drug-likeness (QED) is 0.283. The highest BCUT2D eigenvalue weighted by Crippen LogP contribution is 2.37. The number of fused-ring (bicyclic) bond motifs is 6. The van der Waals surface area contributed by atoms with Gasteiger partial charge < -0.3 is 4.90 Å². The number of amides is 1. The van der Waals surface area contributed by atoms with Crippen LogP contribution in [0.1, 0.15) is 24.5 Å². The molecule has 0 heterocycles. The number of rotatable bonds is 2. The van der Waals surface area contributed by atoms with Gasteiger partial charge in [0.2, 0.25) is 5.91 Å². The van der Waals surface area contributed by atoms with E-state index < -0.39 is 0 Å². The van der Waals surface area contributed by atoms with Gasteiger partial charge >= 0.3 is 0 Å². The molecule has 156 valence electrons. The summed E-state index contributed by atoms with van der Waals surface area (Å²) in [6.07, 6.45) is 2.85. The summed E-state index contributed by atoms with van der Waals surface area (Å²) >= 11 is 0. The molecule has 2 heteroatoms. The minimum atomic E-state index is 0.113. The number of hydrogen-bond acceptors (Lipinski definition) is 1. The molecule has 1 aliphatic rings. The lowest BCUT2D eigenvalue weighted by atomic mass is 9.83. The minimum Gasteiger partial charge on any atom is -0.309 e. The van der Waals surface area contributed by atoms with Crippen molar-refractivity contribution in [1.29, 1.82) is 0 Å². The molecule has 0 N–H and O–H groups in total. The van der Waals surface area contributed by atoms with Gasteiger partial charge in [-0.15, -0.1) is 0 Å². The first-order valence-electron chi connectivity index (χ1n) is 11.4. The van der Waals surface area contributed by atoms with Crippen LogP contribution >= 0.6 is 0 Å².